The van der Waals surface area contributed by atoms with Gasteiger partial charge in [-0.1, -0.05) is 133 Å². The van der Waals surface area contributed by atoms with Crippen molar-refractivity contribution < 1.29 is 0 Å². The van der Waals surface area contributed by atoms with Crippen molar-refractivity contribution in [3.05, 3.63) is 156 Å². The van der Waals surface area contributed by atoms with Crippen molar-refractivity contribution in [3.63, 3.8) is 0 Å². The highest BCUT2D eigenvalue weighted by atomic mass is 32.2. The zero-order valence-electron chi connectivity index (χ0n) is 24.3. The Balaban J connectivity index is 0.866. The highest BCUT2D eigenvalue weighted by Gasteiger charge is 2.12. The Morgan fingerprint density at radius 3 is 1.05 bits per heavy atom. The second-order valence-electron chi connectivity index (χ2n) is 12.0. The van der Waals surface area contributed by atoms with Gasteiger partial charge >= 0.3 is 0 Å². The molecule has 2 heteroatoms. The second kappa shape index (κ2) is 10.7. The van der Waals surface area contributed by atoms with Gasteiger partial charge in [0.05, 0.1) is 0 Å². The van der Waals surface area contributed by atoms with E-state index in [4.69, 9.17) is 0 Å². The van der Waals surface area contributed by atoms with Crippen molar-refractivity contribution in [2.75, 3.05) is 0 Å². The molecule has 210 valence electrons. The molecule has 0 radical (unpaired) electrons. The topological polar surface area (TPSA) is 0 Å². The smallest absolute Gasteiger partial charge is 0.0194 e. The van der Waals surface area contributed by atoms with E-state index in [9.17, 15) is 0 Å². The van der Waals surface area contributed by atoms with Gasteiger partial charge in [-0.2, -0.15) is 23.5 Å². The predicted octanol–water partition coefficient (Wildman–Crippen LogP) is 12.3. The fourth-order valence-corrected chi connectivity index (χ4v) is 9.14. The molecule has 0 nitrogen and oxygen atoms in total. The Labute approximate surface area is 265 Å². The summed E-state index contributed by atoms with van der Waals surface area (Å²) in [6.07, 6.45) is 0. The van der Waals surface area contributed by atoms with Gasteiger partial charge in [-0.05, 0) is 86.9 Å². The summed E-state index contributed by atoms with van der Waals surface area (Å²) in [7, 11) is 0. The Morgan fingerprint density at radius 1 is 0.295 bits per heavy atom. The highest BCUT2D eigenvalue weighted by molar-refractivity contribution is 7.98. The van der Waals surface area contributed by atoms with E-state index in [2.05, 4.69) is 133 Å². The maximum atomic E-state index is 2.33. The Hall–Kier alpha value is -4.24. The zero-order valence-corrected chi connectivity index (χ0v) is 26.0. The van der Waals surface area contributed by atoms with E-state index < -0.39 is 0 Å². The van der Waals surface area contributed by atoms with Crippen LogP contribution in [0.25, 0.3) is 64.6 Å². The first-order valence-electron chi connectivity index (χ1n) is 15.3. The van der Waals surface area contributed by atoms with Crippen LogP contribution in [0.3, 0.4) is 0 Å². The van der Waals surface area contributed by atoms with Crippen LogP contribution in [0.4, 0.5) is 0 Å². The molecule has 0 spiro atoms. The van der Waals surface area contributed by atoms with Crippen molar-refractivity contribution in [1.29, 1.82) is 0 Å². The fraction of sp³-hybridized carbons (Fsp3) is 0.0952. The van der Waals surface area contributed by atoms with E-state index in [1.54, 1.807) is 0 Å². The monoisotopic (exact) mass is 598 g/mol. The van der Waals surface area contributed by atoms with Crippen LogP contribution in [-0.2, 0) is 23.0 Å². The van der Waals surface area contributed by atoms with Crippen LogP contribution in [0.2, 0.25) is 0 Å². The van der Waals surface area contributed by atoms with Crippen LogP contribution in [0, 0.1) is 0 Å². The second-order valence-corrected chi connectivity index (χ2v) is 13.9. The molecule has 9 aromatic carbocycles. The van der Waals surface area contributed by atoms with E-state index in [-0.39, 0.29) is 0 Å². The van der Waals surface area contributed by atoms with Gasteiger partial charge in [-0.15, -0.1) is 0 Å². The molecule has 0 aliphatic rings. The quantitative estimate of drug-likeness (QED) is 0.160. The molecule has 9 rings (SSSR count). The lowest BCUT2D eigenvalue weighted by Crippen LogP contribution is -1.90. The third-order valence-electron chi connectivity index (χ3n) is 9.31. The molecule has 0 heterocycles. The molecule has 44 heavy (non-hydrogen) atoms. The van der Waals surface area contributed by atoms with Crippen molar-refractivity contribution in [1.82, 2.24) is 0 Å². The van der Waals surface area contributed by atoms with E-state index in [1.165, 1.54) is 86.9 Å². The molecular weight excluding hydrogens is 569 g/mol. The summed E-state index contributed by atoms with van der Waals surface area (Å²) in [6.45, 7) is 0. The zero-order chi connectivity index (χ0) is 29.0. The first-order chi connectivity index (χ1) is 21.8. The largest absolute Gasteiger partial charge is 0.152 e. The van der Waals surface area contributed by atoms with Crippen molar-refractivity contribution >= 4 is 88.2 Å². The molecule has 0 amide bonds. The minimum Gasteiger partial charge on any atom is -0.152 e. The molecule has 9 aromatic rings. The lowest BCUT2D eigenvalue weighted by Gasteiger charge is -2.14. The number of rotatable bonds is 8. The molecule has 0 bridgehead atoms. The molecule has 0 aliphatic heterocycles. The van der Waals surface area contributed by atoms with Gasteiger partial charge in [0.15, 0.2) is 0 Å². The number of benzene rings is 9. The lowest BCUT2D eigenvalue weighted by molar-refractivity contribution is 1.33. The Bertz CT molecular complexity index is 2230. The molecule has 0 atom stereocenters. The van der Waals surface area contributed by atoms with Crippen LogP contribution in [0.15, 0.2) is 133 Å². The predicted molar refractivity (Wildman–Crippen MR) is 197 cm³/mol. The van der Waals surface area contributed by atoms with Crippen molar-refractivity contribution in [2.24, 2.45) is 0 Å². The molecular formula is C42H30S2. The lowest BCUT2D eigenvalue weighted by atomic mass is 9.92. The summed E-state index contributed by atoms with van der Waals surface area (Å²) in [5.41, 5.74) is 5.66. The SMILES string of the molecule is c1cc2ccc3ccc(CSCc4ccc(CSCc5ccc6ccc7cccc8ccc5c6c78)cc4)c4ccc(c1)c2c34. The summed E-state index contributed by atoms with van der Waals surface area (Å²) < 4.78 is 0. The van der Waals surface area contributed by atoms with E-state index >= 15 is 0 Å². The summed E-state index contributed by atoms with van der Waals surface area (Å²) in [6, 6.07) is 50.1. The van der Waals surface area contributed by atoms with Crippen LogP contribution in [0.1, 0.15) is 22.3 Å². The average Bonchev–Trinajstić information content (AvgIpc) is 3.08. The van der Waals surface area contributed by atoms with Gasteiger partial charge in [-0.3, -0.25) is 0 Å². The maximum absolute atomic E-state index is 2.33. The molecule has 0 aromatic heterocycles. The van der Waals surface area contributed by atoms with Gasteiger partial charge in [0, 0.05) is 23.0 Å². The van der Waals surface area contributed by atoms with E-state index in [0.29, 0.717) is 0 Å². The van der Waals surface area contributed by atoms with Crippen molar-refractivity contribution in [2.45, 2.75) is 23.0 Å². The number of thioether (sulfide) groups is 2. The minimum absolute atomic E-state index is 1.02. The van der Waals surface area contributed by atoms with Crippen LogP contribution in [-0.4, -0.2) is 0 Å². The molecule has 0 fully saturated rings. The van der Waals surface area contributed by atoms with E-state index in [0.717, 1.165) is 23.0 Å². The maximum Gasteiger partial charge on any atom is 0.0194 e. The Kier molecular flexibility index (Phi) is 6.39. The number of hydrogen-bond donors (Lipinski definition) is 0. The third kappa shape index (κ3) is 4.39. The van der Waals surface area contributed by atoms with Crippen LogP contribution < -0.4 is 0 Å². The molecule has 0 N–H and O–H groups in total. The first-order valence-corrected chi connectivity index (χ1v) is 17.7. The Morgan fingerprint density at radius 2 is 0.636 bits per heavy atom. The molecule has 0 unspecified atom stereocenters. The highest BCUT2D eigenvalue weighted by Crippen LogP contribution is 2.38. The van der Waals surface area contributed by atoms with Crippen LogP contribution in [0.5, 0.6) is 0 Å². The summed E-state index contributed by atoms with van der Waals surface area (Å²) in [5, 5.41) is 16.5. The average molecular weight is 599 g/mol. The van der Waals surface area contributed by atoms with Gasteiger partial charge in [0.25, 0.3) is 0 Å². The van der Waals surface area contributed by atoms with E-state index in [1.807, 2.05) is 23.5 Å². The summed E-state index contributed by atoms with van der Waals surface area (Å²) >= 11 is 4.02. The van der Waals surface area contributed by atoms with Gasteiger partial charge in [0.2, 0.25) is 0 Å². The van der Waals surface area contributed by atoms with Gasteiger partial charge in [-0.25, -0.2) is 0 Å². The first kappa shape index (κ1) is 26.2. The summed E-state index contributed by atoms with van der Waals surface area (Å²) in [4.78, 5) is 0. The minimum atomic E-state index is 1.02. The molecule has 0 aliphatic carbocycles. The molecule has 0 saturated heterocycles. The van der Waals surface area contributed by atoms with Gasteiger partial charge < -0.3 is 0 Å². The van der Waals surface area contributed by atoms with Crippen LogP contribution >= 0.6 is 23.5 Å². The third-order valence-corrected chi connectivity index (χ3v) is 11.4. The molecule has 0 saturated carbocycles. The fourth-order valence-electron chi connectivity index (χ4n) is 7.13. The van der Waals surface area contributed by atoms with Crippen molar-refractivity contribution in [3.8, 4) is 0 Å². The normalized spacial score (nSPS) is 12.2. The number of hydrogen-bond acceptors (Lipinski definition) is 2. The standard InChI is InChI=1S/C42H30S2/c1-3-29-11-13-33-15-17-35(37-21-19-31(5-1)39(29)41(33)37)25-43-23-27-7-9-28(10-8-27)24-44-26-36-18-16-34-14-12-30-4-2-6-32-20-22-38(36)42(34)40(30)32/h1-22H,23-26H2. The van der Waals surface area contributed by atoms with Gasteiger partial charge in [0.1, 0.15) is 0 Å². The summed E-state index contributed by atoms with van der Waals surface area (Å²) in [5.74, 6) is 4.09.